The van der Waals surface area contributed by atoms with Crippen molar-refractivity contribution in [1.29, 1.82) is 0 Å². The fourth-order valence-electron chi connectivity index (χ4n) is 3.89. The third-order valence-corrected chi connectivity index (χ3v) is 6.01. The summed E-state index contributed by atoms with van der Waals surface area (Å²) >= 11 is 1.09. The van der Waals surface area contributed by atoms with Crippen molar-refractivity contribution in [3.05, 3.63) is 50.6 Å². The normalized spacial score (nSPS) is 16.0. The molecule has 0 radical (unpaired) electrons. The summed E-state index contributed by atoms with van der Waals surface area (Å²) in [6.45, 7) is 1.09. The summed E-state index contributed by atoms with van der Waals surface area (Å²) < 4.78 is 2.37. The van der Waals surface area contributed by atoms with Gasteiger partial charge in [-0.25, -0.2) is 0 Å². The Morgan fingerprint density at radius 1 is 1.21 bits per heavy atom. The van der Waals surface area contributed by atoms with Crippen LogP contribution in [0, 0.1) is 5.92 Å². The number of thiazole rings is 1. The Kier molecular flexibility index (Phi) is 4.19. The van der Waals surface area contributed by atoms with Crippen LogP contribution in [0.5, 0.6) is 5.88 Å². The highest BCUT2D eigenvalue weighted by Crippen LogP contribution is 2.29. The molecule has 126 valence electrons. The topological polar surface area (TPSA) is 58.0 Å². The minimum atomic E-state index is -0.204. The molecular formula is C19H22N2O2S. The zero-order chi connectivity index (χ0) is 16.5. The van der Waals surface area contributed by atoms with Crippen molar-refractivity contribution >= 4 is 22.2 Å². The van der Waals surface area contributed by atoms with E-state index in [1.54, 1.807) is 0 Å². The molecule has 24 heavy (non-hydrogen) atoms. The van der Waals surface area contributed by atoms with Crippen molar-refractivity contribution in [1.82, 2.24) is 9.55 Å². The lowest BCUT2D eigenvalue weighted by atomic mass is 9.89. The Labute approximate surface area is 144 Å². The molecule has 3 aromatic rings. The van der Waals surface area contributed by atoms with E-state index in [0.29, 0.717) is 11.3 Å². The molecule has 0 atom stereocenters. The molecule has 1 aromatic carbocycles. The van der Waals surface area contributed by atoms with Gasteiger partial charge in [-0.15, -0.1) is 0 Å². The highest BCUT2D eigenvalue weighted by Gasteiger charge is 2.16. The van der Waals surface area contributed by atoms with Gasteiger partial charge in [-0.05, 0) is 36.5 Å². The molecule has 0 bridgehead atoms. The molecule has 1 aliphatic rings. The van der Waals surface area contributed by atoms with Gasteiger partial charge in [0.05, 0.1) is 4.88 Å². The number of fused-ring (bicyclic) bond motifs is 1. The summed E-state index contributed by atoms with van der Waals surface area (Å²) in [5.41, 5.74) is 2.40. The molecule has 1 aliphatic carbocycles. The van der Waals surface area contributed by atoms with Crippen LogP contribution in [0.25, 0.3) is 10.9 Å². The Morgan fingerprint density at radius 2 is 2.04 bits per heavy atom. The predicted octanol–water partition coefficient (Wildman–Crippen LogP) is 4.27. The zero-order valence-corrected chi connectivity index (χ0v) is 14.4. The van der Waals surface area contributed by atoms with Gasteiger partial charge in [0.15, 0.2) is 0 Å². The van der Waals surface area contributed by atoms with E-state index in [1.807, 2.05) is 0 Å². The fourth-order valence-corrected chi connectivity index (χ4v) is 4.64. The van der Waals surface area contributed by atoms with E-state index in [9.17, 15) is 9.90 Å². The van der Waals surface area contributed by atoms with Crippen molar-refractivity contribution in [2.24, 2.45) is 5.92 Å². The van der Waals surface area contributed by atoms with Gasteiger partial charge in [0.1, 0.15) is 0 Å². The molecule has 2 aromatic heterocycles. The second kappa shape index (κ2) is 6.48. The number of aromatic amines is 1. The third-order valence-electron chi connectivity index (χ3n) is 5.14. The monoisotopic (exact) mass is 342 g/mol. The Bertz CT molecular complexity index is 900. The van der Waals surface area contributed by atoms with E-state index in [1.165, 1.54) is 43.0 Å². The van der Waals surface area contributed by atoms with E-state index in [4.69, 9.17) is 0 Å². The average Bonchev–Trinajstić information content (AvgIpc) is 3.13. The Morgan fingerprint density at radius 3 is 2.79 bits per heavy atom. The summed E-state index contributed by atoms with van der Waals surface area (Å²) in [6, 6.07) is 8.49. The molecule has 1 fully saturated rings. The molecule has 1 saturated carbocycles. The van der Waals surface area contributed by atoms with Crippen LogP contribution < -0.4 is 4.87 Å². The second-order valence-electron chi connectivity index (χ2n) is 6.79. The number of aromatic nitrogens is 2. The van der Waals surface area contributed by atoms with Gasteiger partial charge in [0.25, 0.3) is 0 Å². The number of aromatic hydroxyl groups is 1. The zero-order valence-electron chi connectivity index (χ0n) is 13.6. The van der Waals surface area contributed by atoms with Crippen LogP contribution in [-0.4, -0.2) is 14.7 Å². The molecule has 5 heteroatoms. The smallest absolute Gasteiger partial charge is 0.307 e. The van der Waals surface area contributed by atoms with Crippen LogP contribution in [0.4, 0.5) is 0 Å². The number of hydrogen-bond donors (Lipinski definition) is 2. The number of nitrogens with zero attached hydrogens (tertiary/aromatic N) is 1. The van der Waals surface area contributed by atoms with E-state index in [0.717, 1.165) is 29.4 Å². The Balaban J connectivity index is 1.63. The maximum absolute atomic E-state index is 11.4. The van der Waals surface area contributed by atoms with E-state index in [2.05, 4.69) is 40.0 Å². The molecule has 0 aliphatic heterocycles. The van der Waals surface area contributed by atoms with Crippen LogP contribution in [-0.2, 0) is 13.0 Å². The summed E-state index contributed by atoms with van der Waals surface area (Å²) in [7, 11) is 0. The summed E-state index contributed by atoms with van der Waals surface area (Å²) in [5, 5.41) is 11.1. The summed E-state index contributed by atoms with van der Waals surface area (Å²) in [6.07, 6.45) is 9.55. The molecule has 0 spiro atoms. The van der Waals surface area contributed by atoms with E-state index in [-0.39, 0.29) is 10.8 Å². The van der Waals surface area contributed by atoms with Gasteiger partial charge in [-0.2, -0.15) is 0 Å². The lowest BCUT2D eigenvalue weighted by Crippen LogP contribution is -2.13. The van der Waals surface area contributed by atoms with Crippen molar-refractivity contribution in [2.75, 3.05) is 0 Å². The first-order valence-electron chi connectivity index (χ1n) is 8.68. The maximum atomic E-state index is 11.4. The molecule has 0 saturated heterocycles. The van der Waals surface area contributed by atoms with Crippen LogP contribution in [0.15, 0.2) is 35.3 Å². The SMILES string of the molecule is O=c1[nH]c(O)c(Cc2cccc3c2ccn3CC2CCCCC2)s1. The molecule has 2 heterocycles. The van der Waals surface area contributed by atoms with Crippen molar-refractivity contribution in [2.45, 2.75) is 45.1 Å². The molecule has 4 nitrogen and oxygen atoms in total. The van der Waals surface area contributed by atoms with E-state index < -0.39 is 0 Å². The largest absolute Gasteiger partial charge is 0.494 e. The van der Waals surface area contributed by atoms with Gasteiger partial charge in [-0.1, -0.05) is 42.7 Å². The first-order chi connectivity index (χ1) is 11.7. The molecular weight excluding hydrogens is 320 g/mol. The molecule has 4 rings (SSSR count). The highest BCUT2D eigenvalue weighted by atomic mass is 32.1. The first kappa shape index (κ1) is 15.5. The summed E-state index contributed by atoms with van der Waals surface area (Å²) in [5.74, 6) is 0.792. The van der Waals surface area contributed by atoms with Crippen LogP contribution >= 0.6 is 11.3 Å². The number of hydrogen-bond acceptors (Lipinski definition) is 3. The van der Waals surface area contributed by atoms with Gasteiger partial charge in [0.2, 0.25) is 5.88 Å². The number of H-pyrrole nitrogens is 1. The van der Waals surface area contributed by atoms with Crippen LogP contribution in [0.3, 0.4) is 0 Å². The van der Waals surface area contributed by atoms with Crippen LogP contribution in [0.1, 0.15) is 42.5 Å². The average molecular weight is 342 g/mol. The Hall–Kier alpha value is -2.01. The van der Waals surface area contributed by atoms with Crippen molar-refractivity contribution < 1.29 is 5.11 Å². The number of nitrogens with one attached hydrogen (secondary N) is 1. The van der Waals surface area contributed by atoms with Gasteiger partial charge < -0.3 is 9.67 Å². The van der Waals surface area contributed by atoms with Gasteiger partial charge in [-0.3, -0.25) is 9.78 Å². The van der Waals surface area contributed by atoms with Gasteiger partial charge >= 0.3 is 4.87 Å². The highest BCUT2D eigenvalue weighted by molar-refractivity contribution is 7.09. The van der Waals surface area contributed by atoms with E-state index >= 15 is 0 Å². The number of benzene rings is 1. The minimum Gasteiger partial charge on any atom is -0.494 e. The lowest BCUT2D eigenvalue weighted by Gasteiger charge is -2.22. The van der Waals surface area contributed by atoms with Crippen molar-refractivity contribution in [3.63, 3.8) is 0 Å². The quantitative estimate of drug-likeness (QED) is 0.744. The molecule has 2 N–H and O–H groups in total. The number of rotatable bonds is 4. The predicted molar refractivity (Wildman–Crippen MR) is 97.9 cm³/mol. The fraction of sp³-hybridized carbons (Fsp3) is 0.421. The minimum absolute atomic E-state index is 0.00337. The van der Waals surface area contributed by atoms with Gasteiger partial charge in [0, 0.05) is 30.1 Å². The lowest BCUT2D eigenvalue weighted by molar-refractivity contribution is 0.322. The van der Waals surface area contributed by atoms with Crippen molar-refractivity contribution in [3.8, 4) is 5.88 Å². The van der Waals surface area contributed by atoms with Crippen LogP contribution in [0.2, 0.25) is 0 Å². The third kappa shape index (κ3) is 3.00. The summed E-state index contributed by atoms with van der Waals surface area (Å²) in [4.78, 5) is 14.3. The maximum Gasteiger partial charge on any atom is 0.307 e. The second-order valence-corrected chi connectivity index (χ2v) is 7.85. The first-order valence-corrected chi connectivity index (χ1v) is 9.50. The standard InChI is InChI=1S/C19H22N2O2S/c22-18-17(24-19(23)20-18)11-14-7-4-8-16-15(14)9-10-21(16)12-13-5-2-1-3-6-13/h4,7-10,13,22H,1-3,5-6,11-12H2,(H,20,23). The molecule has 0 amide bonds. The molecule has 0 unspecified atom stereocenters.